The van der Waals surface area contributed by atoms with Gasteiger partial charge in [0.05, 0.1) is 12.1 Å². The molecule has 0 saturated carbocycles. The van der Waals surface area contributed by atoms with Crippen LogP contribution < -0.4 is 19.7 Å². The number of benzene rings is 2. The summed E-state index contributed by atoms with van der Waals surface area (Å²) < 4.78 is 12.0. The monoisotopic (exact) mass is 324 g/mol. The Hall–Kier alpha value is -2.53. The van der Waals surface area contributed by atoms with Crippen molar-refractivity contribution in [3.05, 3.63) is 53.6 Å². The van der Waals surface area contributed by atoms with Crippen molar-refractivity contribution in [2.75, 3.05) is 25.1 Å². The molecule has 1 atom stereocenters. The molecule has 0 spiro atoms. The minimum absolute atomic E-state index is 0.0614. The molecular formula is C19H20N2O3. The van der Waals surface area contributed by atoms with E-state index in [4.69, 9.17) is 9.47 Å². The number of likely N-dealkylation sites (N-methyl/N-ethyl adjacent to an activating group) is 1. The van der Waals surface area contributed by atoms with Gasteiger partial charge in [0.15, 0.2) is 11.5 Å². The Morgan fingerprint density at radius 2 is 2.04 bits per heavy atom. The topological polar surface area (TPSA) is 50.8 Å². The van der Waals surface area contributed by atoms with Crippen LogP contribution in [0.3, 0.4) is 0 Å². The van der Waals surface area contributed by atoms with Gasteiger partial charge in [-0.05, 0) is 17.7 Å². The molecule has 24 heavy (non-hydrogen) atoms. The number of hydrogen-bond acceptors (Lipinski definition) is 4. The van der Waals surface area contributed by atoms with Crippen molar-refractivity contribution in [3.8, 4) is 11.5 Å². The molecule has 5 nitrogen and oxygen atoms in total. The molecule has 0 aromatic heterocycles. The van der Waals surface area contributed by atoms with E-state index in [1.165, 1.54) is 5.56 Å². The smallest absolute Gasteiger partial charge is 0.231 e. The SMILES string of the molecule is CN1C(=O)Cc2c1ccc1c2OC(CNCc2ccccc2)CO1. The van der Waals surface area contributed by atoms with Crippen molar-refractivity contribution < 1.29 is 14.3 Å². The molecule has 124 valence electrons. The number of carbonyl (C=O) groups is 1. The quantitative estimate of drug-likeness (QED) is 0.936. The van der Waals surface area contributed by atoms with Crippen LogP contribution in [0.15, 0.2) is 42.5 Å². The van der Waals surface area contributed by atoms with E-state index in [1.54, 1.807) is 11.9 Å². The predicted molar refractivity (Wildman–Crippen MR) is 91.6 cm³/mol. The van der Waals surface area contributed by atoms with Crippen LogP contribution in [0.25, 0.3) is 0 Å². The van der Waals surface area contributed by atoms with Crippen LogP contribution in [0.4, 0.5) is 5.69 Å². The van der Waals surface area contributed by atoms with E-state index in [9.17, 15) is 4.79 Å². The van der Waals surface area contributed by atoms with Gasteiger partial charge < -0.3 is 19.7 Å². The van der Waals surface area contributed by atoms with Crippen molar-refractivity contribution in [2.45, 2.75) is 19.1 Å². The normalized spacial score (nSPS) is 18.6. The largest absolute Gasteiger partial charge is 0.486 e. The highest BCUT2D eigenvalue weighted by molar-refractivity contribution is 6.02. The van der Waals surface area contributed by atoms with Crippen LogP contribution in [-0.2, 0) is 17.8 Å². The maximum absolute atomic E-state index is 11.9. The second-order valence-corrected chi connectivity index (χ2v) is 6.19. The molecule has 2 aliphatic heterocycles. The zero-order chi connectivity index (χ0) is 16.5. The Kier molecular flexibility index (Phi) is 3.86. The summed E-state index contributed by atoms with van der Waals surface area (Å²) in [5.41, 5.74) is 3.09. The maximum Gasteiger partial charge on any atom is 0.231 e. The fourth-order valence-corrected chi connectivity index (χ4v) is 3.19. The summed E-state index contributed by atoms with van der Waals surface area (Å²) in [7, 11) is 1.79. The third-order valence-electron chi connectivity index (χ3n) is 4.52. The van der Waals surface area contributed by atoms with Crippen LogP contribution >= 0.6 is 0 Å². The molecule has 2 aliphatic rings. The highest BCUT2D eigenvalue weighted by Crippen LogP contribution is 2.43. The number of carbonyl (C=O) groups excluding carboxylic acids is 1. The summed E-state index contributed by atoms with van der Waals surface area (Å²) in [5, 5.41) is 3.41. The van der Waals surface area contributed by atoms with Gasteiger partial charge in [0.1, 0.15) is 12.7 Å². The third kappa shape index (κ3) is 2.71. The van der Waals surface area contributed by atoms with Gasteiger partial charge in [-0.3, -0.25) is 4.79 Å². The van der Waals surface area contributed by atoms with Gasteiger partial charge in [-0.15, -0.1) is 0 Å². The summed E-state index contributed by atoms with van der Waals surface area (Å²) in [6, 6.07) is 14.1. The molecule has 4 rings (SSSR count). The zero-order valence-corrected chi connectivity index (χ0v) is 13.6. The van der Waals surface area contributed by atoms with E-state index in [2.05, 4.69) is 17.4 Å². The predicted octanol–water partition coefficient (Wildman–Crippen LogP) is 2.14. The number of ether oxygens (including phenoxy) is 2. The molecule has 2 aromatic rings. The van der Waals surface area contributed by atoms with E-state index in [1.807, 2.05) is 30.3 Å². The van der Waals surface area contributed by atoms with Crippen molar-refractivity contribution in [2.24, 2.45) is 0 Å². The molecule has 1 N–H and O–H groups in total. The number of fused-ring (bicyclic) bond motifs is 3. The van der Waals surface area contributed by atoms with Crippen LogP contribution in [-0.4, -0.2) is 32.2 Å². The molecule has 1 unspecified atom stereocenters. The van der Waals surface area contributed by atoms with Crippen LogP contribution in [0.5, 0.6) is 11.5 Å². The van der Waals surface area contributed by atoms with Gasteiger partial charge in [0, 0.05) is 25.7 Å². The first-order chi connectivity index (χ1) is 11.7. The van der Waals surface area contributed by atoms with E-state index in [0.717, 1.165) is 29.3 Å². The van der Waals surface area contributed by atoms with Gasteiger partial charge in [-0.1, -0.05) is 30.3 Å². The minimum Gasteiger partial charge on any atom is -0.486 e. The van der Waals surface area contributed by atoms with E-state index >= 15 is 0 Å². The number of nitrogens with zero attached hydrogens (tertiary/aromatic N) is 1. The van der Waals surface area contributed by atoms with Crippen molar-refractivity contribution >= 4 is 11.6 Å². The zero-order valence-electron chi connectivity index (χ0n) is 13.6. The second-order valence-electron chi connectivity index (χ2n) is 6.19. The van der Waals surface area contributed by atoms with Gasteiger partial charge in [-0.2, -0.15) is 0 Å². The third-order valence-corrected chi connectivity index (χ3v) is 4.52. The molecule has 0 bridgehead atoms. The summed E-state index contributed by atoms with van der Waals surface area (Å²) in [6.07, 6.45) is 0.316. The van der Waals surface area contributed by atoms with Gasteiger partial charge in [0.2, 0.25) is 5.91 Å². The number of rotatable bonds is 4. The first-order valence-corrected chi connectivity index (χ1v) is 8.19. The lowest BCUT2D eigenvalue weighted by Crippen LogP contribution is -2.38. The first-order valence-electron chi connectivity index (χ1n) is 8.19. The molecule has 1 amide bonds. The van der Waals surface area contributed by atoms with Gasteiger partial charge in [-0.25, -0.2) is 0 Å². The van der Waals surface area contributed by atoms with Crippen LogP contribution in [0.1, 0.15) is 11.1 Å². The molecule has 0 aliphatic carbocycles. The van der Waals surface area contributed by atoms with Crippen LogP contribution in [0.2, 0.25) is 0 Å². The molecule has 5 heteroatoms. The number of hydrogen-bond donors (Lipinski definition) is 1. The Labute approximate surface area is 141 Å². The fourth-order valence-electron chi connectivity index (χ4n) is 3.19. The Morgan fingerprint density at radius 1 is 1.21 bits per heavy atom. The van der Waals surface area contributed by atoms with Crippen LogP contribution in [0, 0.1) is 0 Å². The average Bonchev–Trinajstić information content (AvgIpc) is 2.91. The molecule has 0 saturated heterocycles. The summed E-state index contributed by atoms with van der Waals surface area (Å²) in [5.74, 6) is 1.55. The Balaban J connectivity index is 1.43. The number of nitrogens with one attached hydrogen (secondary N) is 1. The molecular weight excluding hydrogens is 304 g/mol. The van der Waals surface area contributed by atoms with E-state index in [-0.39, 0.29) is 12.0 Å². The van der Waals surface area contributed by atoms with Crippen molar-refractivity contribution in [1.29, 1.82) is 0 Å². The minimum atomic E-state index is -0.0614. The van der Waals surface area contributed by atoms with Gasteiger partial charge in [0.25, 0.3) is 0 Å². The molecule has 0 radical (unpaired) electrons. The lowest BCUT2D eigenvalue weighted by Gasteiger charge is -2.28. The summed E-state index contributed by atoms with van der Waals surface area (Å²) >= 11 is 0. The summed E-state index contributed by atoms with van der Waals surface area (Å²) in [6.45, 7) is 2.00. The van der Waals surface area contributed by atoms with Crippen molar-refractivity contribution in [3.63, 3.8) is 0 Å². The fraction of sp³-hybridized carbons (Fsp3) is 0.316. The highest BCUT2D eigenvalue weighted by atomic mass is 16.6. The average molecular weight is 324 g/mol. The van der Waals surface area contributed by atoms with E-state index < -0.39 is 0 Å². The molecule has 2 aromatic carbocycles. The molecule has 0 fully saturated rings. The first kappa shape index (κ1) is 15.0. The Morgan fingerprint density at radius 3 is 2.88 bits per heavy atom. The standard InChI is InChI=1S/C19H20N2O3/c1-21-16-7-8-17-19(15(16)9-18(21)22)24-14(12-23-17)11-20-10-13-5-3-2-4-6-13/h2-8,14,20H,9-12H2,1H3. The van der Waals surface area contributed by atoms with Crippen molar-refractivity contribution in [1.82, 2.24) is 5.32 Å². The maximum atomic E-state index is 11.9. The lowest BCUT2D eigenvalue weighted by atomic mass is 10.1. The highest BCUT2D eigenvalue weighted by Gasteiger charge is 2.32. The second kappa shape index (κ2) is 6.17. The van der Waals surface area contributed by atoms with Gasteiger partial charge >= 0.3 is 0 Å². The number of anilines is 1. The number of amides is 1. The van der Waals surface area contributed by atoms with E-state index in [0.29, 0.717) is 19.6 Å². The summed E-state index contributed by atoms with van der Waals surface area (Å²) in [4.78, 5) is 13.6. The molecule has 2 heterocycles. The Bertz CT molecular complexity index is 761. The lowest BCUT2D eigenvalue weighted by molar-refractivity contribution is -0.117.